The Labute approximate surface area is 192 Å². The number of unbranched alkanes of at least 4 members (excludes halogenated alkanes) is 1. The number of aromatic nitrogens is 4. The third-order valence-electron chi connectivity index (χ3n) is 6.72. The molecule has 2 aliphatic carbocycles. The molecule has 0 spiro atoms. The van der Waals surface area contributed by atoms with E-state index >= 15 is 0 Å². The maximum Gasteiger partial charge on any atom is 0.409 e. The number of carboxylic acids is 1. The van der Waals surface area contributed by atoms with Gasteiger partial charge < -0.3 is 19.5 Å². The van der Waals surface area contributed by atoms with Crippen LogP contribution in [0, 0.1) is 24.7 Å². The van der Waals surface area contributed by atoms with E-state index in [0.717, 1.165) is 25.7 Å². The highest BCUT2D eigenvalue weighted by atomic mass is 16.6. The van der Waals surface area contributed by atoms with Crippen molar-refractivity contribution in [2.45, 2.75) is 52.2 Å². The van der Waals surface area contributed by atoms with Gasteiger partial charge in [-0.2, -0.15) is 0 Å². The van der Waals surface area contributed by atoms with Gasteiger partial charge in [-0.05, 0) is 44.2 Å². The van der Waals surface area contributed by atoms with Gasteiger partial charge in [0, 0.05) is 26.6 Å². The number of nitrogens with zero attached hydrogens (tertiary/aromatic N) is 5. The Hall–Kier alpha value is -3.17. The van der Waals surface area contributed by atoms with E-state index in [2.05, 4.69) is 22.2 Å². The van der Waals surface area contributed by atoms with Crippen LogP contribution in [0.15, 0.2) is 12.1 Å². The number of fused-ring (bicyclic) bond motifs is 1. The summed E-state index contributed by atoms with van der Waals surface area (Å²) in [5, 5.41) is 17.6. The molecule has 33 heavy (non-hydrogen) atoms. The first-order chi connectivity index (χ1) is 15.8. The molecule has 4 atom stereocenters. The van der Waals surface area contributed by atoms with Crippen molar-refractivity contribution in [1.82, 2.24) is 24.9 Å². The third-order valence-corrected chi connectivity index (χ3v) is 6.72. The van der Waals surface area contributed by atoms with Crippen molar-refractivity contribution in [2.24, 2.45) is 24.8 Å². The zero-order chi connectivity index (χ0) is 23.7. The van der Waals surface area contributed by atoms with Crippen LogP contribution < -0.4 is 4.74 Å². The van der Waals surface area contributed by atoms with Gasteiger partial charge in [0.05, 0.1) is 17.3 Å². The number of rotatable bonds is 9. The predicted molar refractivity (Wildman–Crippen MR) is 118 cm³/mol. The summed E-state index contributed by atoms with van der Waals surface area (Å²) in [7, 11) is 3.46. The molecule has 178 valence electrons. The number of amides is 1. The average Bonchev–Trinajstić information content (AvgIpc) is 3.20. The molecule has 0 aliphatic heterocycles. The lowest BCUT2D eigenvalue weighted by molar-refractivity contribution is -0.139. The minimum atomic E-state index is -0.726. The molecule has 10 heteroatoms. The van der Waals surface area contributed by atoms with E-state index in [4.69, 9.17) is 9.47 Å². The number of pyridine rings is 1. The van der Waals surface area contributed by atoms with Crippen LogP contribution in [0.5, 0.6) is 5.75 Å². The lowest BCUT2D eigenvalue weighted by atomic mass is 10.1. The van der Waals surface area contributed by atoms with Gasteiger partial charge in [-0.3, -0.25) is 4.79 Å². The minimum Gasteiger partial charge on any atom is -0.488 e. The largest absolute Gasteiger partial charge is 0.488 e. The molecule has 2 aromatic heterocycles. The molecule has 1 N–H and O–H groups in total. The number of carboxylic acid groups (broad SMARTS) is 1. The number of hydrogen-bond donors (Lipinski definition) is 1. The molecule has 1 amide bonds. The lowest BCUT2D eigenvalue weighted by Crippen LogP contribution is -2.28. The van der Waals surface area contributed by atoms with Crippen LogP contribution in [-0.2, 0) is 23.2 Å². The van der Waals surface area contributed by atoms with Gasteiger partial charge in [-0.15, -0.1) is 5.10 Å². The quantitative estimate of drug-likeness (QED) is 0.610. The molecule has 2 aromatic rings. The Kier molecular flexibility index (Phi) is 6.53. The second-order valence-electron chi connectivity index (χ2n) is 8.96. The first-order valence-electron chi connectivity index (χ1n) is 11.5. The molecule has 0 saturated heterocycles. The van der Waals surface area contributed by atoms with Gasteiger partial charge in [-0.25, -0.2) is 14.5 Å². The molecule has 0 radical (unpaired) electrons. The third kappa shape index (κ3) is 4.65. The molecule has 2 fully saturated rings. The highest BCUT2D eigenvalue weighted by molar-refractivity contribution is 5.75. The number of aliphatic carboxylic acids is 1. The summed E-state index contributed by atoms with van der Waals surface area (Å²) in [6.07, 6.45) is 3.21. The van der Waals surface area contributed by atoms with E-state index in [1.165, 1.54) is 0 Å². The fraction of sp³-hybridized carbons (Fsp3) is 0.609. The highest BCUT2D eigenvalue weighted by Crippen LogP contribution is 2.58. The first kappa shape index (κ1) is 23.0. The summed E-state index contributed by atoms with van der Waals surface area (Å²) in [6.45, 7) is 4.60. The van der Waals surface area contributed by atoms with Gasteiger partial charge in [-0.1, -0.05) is 18.6 Å². The molecule has 2 aliphatic rings. The van der Waals surface area contributed by atoms with Crippen molar-refractivity contribution in [3.8, 4) is 17.1 Å². The Morgan fingerprint density at radius 2 is 2.09 bits per heavy atom. The molecular formula is C23H31N5O5. The summed E-state index contributed by atoms with van der Waals surface area (Å²) in [5.74, 6) is -0.0165. The SMILES string of the molecule is CCCCN(C)C(=O)OCc1c(-c2ccc(O[C@@H]3CC[C@H]4C(C(=O)O)[C@@H]34)c(C)n2)nnn1C. The number of carbonyl (C=O) groups is 2. The fourth-order valence-corrected chi connectivity index (χ4v) is 4.75. The van der Waals surface area contributed by atoms with E-state index in [0.29, 0.717) is 35.1 Å². The van der Waals surface area contributed by atoms with Crippen LogP contribution in [-0.4, -0.2) is 61.7 Å². The molecule has 2 heterocycles. The smallest absolute Gasteiger partial charge is 0.409 e. The summed E-state index contributed by atoms with van der Waals surface area (Å²) >= 11 is 0. The van der Waals surface area contributed by atoms with Crippen molar-refractivity contribution < 1.29 is 24.2 Å². The molecule has 1 unspecified atom stereocenters. The monoisotopic (exact) mass is 457 g/mol. The van der Waals surface area contributed by atoms with E-state index in [-0.39, 0.29) is 30.5 Å². The zero-order valence-electron chi connectivity index (χ0n) is 19.5. The van der Waals surface area contributed by atoms with Crippen molar-refractivity contribution in [2.75, 3.05) is 13.6 Å². The van der Waals surface area contributed by atoms with Crippen LogP contribution in [0.1, 0.15) is 44.0 Å². The molecule has 4 rings (SSSR count). The molecule has 10 nitrogen and oxygen atoms in total. The zero-order valence-corrected chi connectivity index (χ0v) is 19.5. The Bertz CT molecular complexity index is 1040. The maximum absolute atomic E-state index is 12.2. The van der Waals surface area contributed by atoms with Gasteiger partial charge in [0.25, 0.3) is 0 Å². The lowest BCUT2D eigenvalue weighted by Gasteiger charge is -2.18. The topological polar surface area (TPSA) is 120 Å². The minimum absolute atomic E-state index is 0.0365. The van der Waals surface area contributed by atoms with Crippen LogP contribution in [0.4, 0.5) is 4.79 Å². The second kappa shape index (κ2) is 9.36. The van der Waals surface area contributed by atoms with Crippen molar-refractivity contribution in [3.63, 3.8) is 0 Å². The molecule has 0 aromatic carbocycles. The van der Waals surface area contributed by atoms with E-state index in [9.17, 15) is 14.7 Å². The second-order valence-corrected chi connectivity index (χ2v) is 8.96. The summed E-state index contributed by atoms with van der Waals surface area (Å²) in [6, 6.07) is 3.64. The van der Waals surface area contributed by atoms with Crippen LogP contribution in [0.2, 0.25) is 0 Å². The predicted octanol–water partition coefficient (Wildman–Crippen LogP) is 3.04. The van der Waals surface area contributed by atoms with Crippen LogP contribution in [0.25, 0.3) is 11.4 Å². The van der Waals surface area contributed by atoms with Crippen LogP contribution >= 0.6 is 0 Å². The Morgan fingerprint density at radius 1 is 1.30 bits per heavy atom. The molecule has 2 saturated carbocycles. The van der Waals surface area contributed by atoms with Gasteiger partial charge in [0.1, 0.15) is 29.8 Å². The fourth-order valence-electron chi connectivity index (χ4n) is 4.75. The van der Waals surface area contributed by atoms with Crippen LogP contribution in [0.3, 0.4) is 0 Å². The highest BCUT2D eigenvalue weighted by Gasteiger charge is 2.63. The number of carbonyl (C=O) groups excluding carboxylic acids is 1. The van der Waals surface area contributed by atoms with Gasteiger partial charge >= 0.3 is 12.1 Å². The standard InChI is InChI=1S/C23H31N5O5/c1-5-6-11-27(3)23(31)32-12-16-21(25-26-28(16)4)15-8-10-17(13(2)24-15)33-18-9-7-14-19(18)20(14)22(29)30/h8,10,14,18-20H,5-7,9,11-12H2,1-4H3,(H,29,30)/t14-,18-,19-,20?/m1/s1. The van der Waals surface area contributed by atoms with E-state index < -0.39 is 12.1 Å². The average molecular weight is 458 g/mol. The van der Waals surface area contributed by atoms with Crippen molar-refractivity contribution in [3.05, 3.63) is 23.5 Å². The number of ether oxygens (including phenoxy) is 2. The normalized spacial score (nSPS) is 23.2. The van der Waals surface area contributed by atoms with Gasteiger partial charge in [0.15, 0.2) is 0 Å². The van der Waals surface area contributed by atoms with Crippen molar-refractivity contribution >= 4 is 12.1 Å². The van der Waals surface area contributed by atoms with Crippen molar-refractivity contribution in [1.29, 1.82) is 0 Å². The first-order valence-corrected chi connectivity index (χ1v) is 11.5. The number of hydrogen-bond acceptors (Lipinski definition) is 7. The number of aryl methyl sites for hydroxylation is 2. The molecular weight excluding hydrogens is 426 g/mol. The maximum atomic E-state index is 12.2. The Balaban J connectivity index is 1.43. The Morgan fingerprint density at radius 3 is 2.76 bits per heavy atom. The van der Waals surface area contributed by atoms with Gasteiger partial charge in [0.2, 0.25) is 0 Å². The summed E-state index contributed by atoms with van der Waals surface area (Å²) in [5.41, 5.74) is 2.49. The summed E-state index contributed by atoms with van der Waals surface area (Å²) < 4.78 is 13.2. The van der Waals surface area contributed by atoms with E-state index in [1.54, 1.807) is 29.7 Å². The van der Waals surface area contributed by atoms with E-state index in [1.807, 2.05) is 13.0 Å². The summed E-state index contributed by atoms with van der Waals surface area (Å²) in [4.78, 5) is 29.8. The molecule has 0 bridgehead atoms.